The van der Waals surface area contributed by atoms with Gasteiger partial charge < -0.3 is 4.74 Å². The van der Waals surface area contributed by atoms with Crippen molar-refractivity contribution in [2.24, 2.45) is 0 Å². The summed E-state index contributed by atoms with van der Waals surface area (Å²) in [5.41, 5.74) is 1.53. The van der Waals surface area contributed by atoms with E-state index < -0.39 is 5.97 Å². The van der Waals surface area contributed by atoms with Crippen LogP contribution >= 0.6 is 11.6 Å². The molecular formula is C13H12ClNO2. The molecule has 0 saturated carbocycles. The fraction of sp³-hybridized carbons (Fsp3) is 0.231. The van der Waals surface area contributed by atoms with Gasteiger partial charge in [-0.25, -0.2) is 4.79 Å². The van der Waals surface area contributed by atoms with Crippen LogP contribution in [0.25, 0.3) is 5.03 Å². The van der Waals surface area contributed by atoms with Gasteiger partial charge in [-0.15, -0.1) is 0 Å². The standard InChI is InChI=1S/C13H12ClNO2/c1-3-17-13(16)11(8-15)12(14)10-6-4-9(2)5-7-10/h4-7H,3H2,1-2H3/b12-11-. The summed E-state index contributed by atoms with van der Waals surface area (Å²) in [6.07, 6.45) is 0. The molecule has 3 nitrogen and oxygen atoms in total. The van der Waals surface area contributed by atoms with Gasteiger partial charge in [-0.3, -0.25) is 0 Å². The second kappa shape index (κ2) is 6.07. The quantitative estimate of drug-likeness (QED) is 0.470. The number of carbonyl (C=O) groups excluding carboxylic acids is 1. The van der Waals surface area contributed by atoms with Crippen LogP contribution in [0.5, 0.6) is 0 Å². The van der Waals surface area contributed by atoms with Gasteiger partial charge in [0.2, 0.25) is 0 Å². The maximum Gasteiger partial charge on any atom is 0.350 e. The molecule has 1 aromatic carbocycles. The molecule has 0 unspecified atom stereocenters. The zero-order valence-electron chi connectivity index (χ0n) is 9.66. The highest BCUT2D eigenvalue weighted by Gasteiger charge is 2.16. The Balaban J connectivity index is 3.13. The van der Waals surface area contributed by atoms with Crippen molar-refractivity contribution in [1.29, 1.82) is 5.26 Å². The summed E-state index contributed by atoms with van der Waals surface area (Å²) in [5, 5.41) is 9.03. The van der Waals surface area contributed by atoms with Gasteiger partial charge in [0.1, 0.15) is 6.07 Å². The Kier molecular flexibility index (Phi) is 4.74. The highest BCUT2D eigenvalue weighted by atomic mass is 35.5. The van der Waals surface area contributed by atoms with Crippen LogP contribution in [0.2, 0.25) is 0 Å². The summed E-state index contributed by atoms with van der Waals surface area (Å²) >= 11 is 6.01. The van der Waals surface area contributed by atoms with E-state index >= 15 is 0 Å². The third kappa shape index (κ3) is 3.33. The number of esters is 1. The summed E-state index contributed by atoms with van der Waals surface area (Å²) in [7, 11) is 0. The van der Waals surface area contributed by atoms with E-state index in [1.807, 2.05) is 19.1 Å². The van der Waals surface area contributed by atoms with E-state index in [0.717, 1.165) is 5.56 Å². The predicted octanol–water partition coefficient (Wildman–Crippen LogP) is 3.03. The van der Waals surface area contributed by atoms with Gasteiger partial charge in [-0.1, -0.05) is 41.4 Å². The average Bonchev–Trinajstić information content (AvgIpc) is 2.31. The number of carbonyl (C=O) groups is 1. The van der Waals surface area contributed by atoms with Crippen molar-refractivity contribution in [2.45, 2.75) is 13.8 Å². The zero-order valence-corrected chi connectivity index (χ0v) is 10.4. The van der Waals surface area contributed by atoms with Crippen LogP contribution in [0.15, 0.2) is 29.8 Å². The van der Waals surface area contributed by atoms with Crippen molar-refractivity contribution < 1.29 is 9.53 Å². The number of ether oxygens (including phenoxy) is 1. The molecule has 1 aromatic rings. The van der Waals surface area contributed by atoms with Gasteiger partial charge in [0.25, 0.3) is 0 Å². The van der Waals surface area contributed by atoms with Gasteiger partial charge >= 0.3 is 5.97 Å². The first-order valence-electron chi connectivity index (χ1n) is 5.14. The third-order valence-corrected chi connectivity index (χ3v) is 2.52. The van der Waals surface area contributed by atoms with E-state index in [2.05, 4.69) is 0 Å². The number of halogens is 1. The summed E-state index contributed by atoms with van der Waals surface area (Å²) < 4.78 is 4.76. The molecule has 0 saturated heterocycles. The van der Waals surface area contributed by atoms with Crippen LogP contribution in [0, 0.1) is 18.3 Å². The number of hydrogen-bond acceptors (Lipinski definition) is 3. The molecule has 0 aliphatic rings. The Morgan fingerprint density at radius 2 is 2.00 bits per heavy atom. The summed E-state index contributed by atoms with van der Waals surface area (Å²) in [5.74, 6) is -0.694. The van der Waals surface area contributed by atoms with Gasteiger partial charge in [0, 0.05) is 0 Å². The molecule has 1 rings (SSSR count). The van der Waals surface area contributed by atoms with Crippen LogP contribution in [0.1, 0.15) is 18.1 Å². The predicted molar refractivity (Wildman–Crippen MR) is 66.2 cm³/mol. The molecule has 17 heavy (non-hydrogen) atoms. The third-order valence-electron chi connectivity index (χ3n) is 2.12. The molecular weight excluding hydrogens is 238 g/mol. The lowest BCUT2D eigenvalue weighted by Crippen LogP contribution is -2.07. The number of benzene rings is 1. The van der Waals surface area contributed by atoms with Crippen molar-refractivity contribution in [2.75, 3.05) is 6.61 Å². The van der Waals surface area contributed by atoms with Gasteiger partial charge in [0.05, 0.1) is 11.6 Å². The molecule has 0 radical (unpaired) electrons. The largest absolute Gasteiger partial charge is 0.462 e. The normalized spacial score (nSPS) is 11.4. The SMILES string of the molecule is CCOC(=O)/C(C#N)=C(\Cl)c1ccc(C)cc1. The Bertz CT molecular complexity index is 483. The maximum atomic E-state index is 11.5. The first-order chi connectivity index (χ1) is 8.10. The molecule has 0 amide bonds. The lowest BCUT2D eigenvalue weighted by Gasteiger charge is -2.04. The molecule has 0 spiro atoms. The number of hydrogen-bond donors (Lipinski definition) is 0. The van der Waals surface area contributed by atoms with E-state index in [4.69, 9.17) is 21.6 Å². The monoisotopic (exact) mass is 249 g/mol. The van der Waals surface area contributed by atoms with Crippen LogP contribution in [0.3, 0.4) is 0 Å². The van der Waals surface area contributed by atoms with Crippen molar-refractivity contribution in [1.82, 2.24) is 0 Å². The highest BCUT2D eigenvalue weighted by molar-refractivity contribution is 6.51. The molecule has 0 atom stereocenters. The van der Waals surface area contributed by atoms with Crippen molar-refractivity contribution in [3.05, 3.63) is 41.0 Å². The fourth-order valence-corrected chi connectivity index (χ4v) is 1.48. The molecule has 0 fully saturated rings. The lowest BCUT2D eigenvalue weighted by molar-refractivity contribution is -0.137. The van der Waals surface area contributed by atoms with Crippen molar-refractivity contribution >= 4 is 22.6 Å². The minimum atomic E-state index is -0.694. The second-order valence-corrected chi connectivity index (χ2v) is 3.77. The smallest absolute Gasteiger partial charge is 0.350 e. The number of nitrogens with zero attached hydrogens (tertiary/aromatic N) is 1. The topological polar surface area (TPSA) is 50.1 Å². The maximum absolute atomic E-state index is 11.5. The fourth-order valence-electron chi connectivity index (χ4n) is 1.23. The minimum absolute atomic E-state index is 0.117. The van der Waals surface area contributed by atoms with Gasteiger partial charge in [0.15, 0.2) is 5.57 Å². The summed E-state index contributed by atoms with van der Waals surface area (Å²) in [6, 6.07) is 9.01. The molecule has 0 aliphatic carbocycles. The van der Waals surface area contributed by atoms with E-state index in [1.54, 1.807) is 25.1 Å². The molecule has 4 heteroatoms. The highest BCUT2D eigenvalue weighted by Crippen LogP contribution is 2.23. The number of rotatable bonds is 3. The Hall–Kier alpha value is -1.79. The zero-order chi connectivity index (χ0) is 12.8. The molecule has 0 heterocycles. The minimum Gasteiger partial charge on any atom is -0.462 e. The van der Waals surface area contributed by atoms with E-state index in [1.165, 1.54) is 0 Å². The molecule has 0 N–H and O–H groups in total. The van der Waals surface area contributed by atoms with Crippen LogP contribution in [-0.2, 0) is 9.53 Å². The lowest BCUT2D eigenvalue weighted by atomic mass is 10.1. The number of nitriles is 1. The van der Waals surface area contributed by atoms with E-state index in [9.17, 15) is 4.79 Å². The Labute approximate surface area is 105 Å². The first kappa shape index (κ1) is 13.3. The van der Waals surface area contributed by atoms with Crippen molar-refractivity contribution in [3.8, 4) is 6.07 Å². The molecule has 0 aliphatic heterocycles. The van der Waals surface area contributed by atoms with E-state index in [0.29, 0.717) is 5.56 Å². The Morgan fingerprint density at radius 1 is 1.41 bits per heavy atom. The van der Waals surface area contributed by atoms with Crippen LogP contribution in [0.4, 0.5) is 0 Å². The van der Waals surface area contributed by atoms with Crippen LogP contribution in [-0.4, -0.2) is 12.6 Å². The Morgan fingerprint density at radius 3 is 2.47 bits per heavy atom. The molecule has 0 bridgehead atoms. The van der Waals surface area contributed by atoms with Crippen LogP contribution < -0.4 is 0 Å². The molecule has 88 valence electrons. The van der Waals surface area contributed by atoms with Gasteiger partial charge in [-0.2, -0.15) is 5.26 Å². The second-order valence-electron chi connectivity index (χ2n) is 3.39. The molecule has 0 aromatic heterocycles. The van der Waals surface area contributed by atoms with Crippen molar-refractivity contribution in [3.63, 3.8) is 0 Å². The summed E-state index contributed by atoms with van der Waals surface area (Å²) in [4.78, 5) is 11.5. The van der Waals surface area contributed by atoms with E-state index in [-0.39, 0.29) is 17.2 Å². The average molecular weight is 250 g/mol. The number of aryl methyl sites for hydroxylation is 1. The summed E-state index contributed by atoms with van der Waals surface area (Å²) in [6.45, 7) is 3.83. The first-order valence-corrected chi connectivity index (χ1v) is 5.52. The van der Waals surface area contributed by atoms with Gasteiger partial charge in [-0.05, 0) is 19.4 Å².